The normalized spacial score (nSPS) is 17.2. The highest BCUT2D eigenvalue weighted by Crippen LogP contribution is 2.38. The van der Waals surface area contributed by atoms with E-state index >= 15 is 0 Å². The van der Waals surface area contributed by atoms with Crippen LogP contribution in [0.4, 0.5) is 11.4 Å². The van der Waals surface area contributed by atoms with Gasteiger partial charge in [-0.3, -0.25) is 9.52 Å². The number of nitrogens with one attached hydrogen (secondary N) is 2. The van der Waals surface area contributed by atoms with Gasteiger partial charge in [0.2, 0.25) is 15.9 Å². The monoisotopic (exact) mass is 325 g/mol. The van der Waals surface area contributed by atoms with Crippen molar-refractivity contribution >= 4 is 27.3 Å². The molecule has 1 aromatic rings. The SMILES string of the molecule is CCS(=O)(=O)Nc1ccc(NC(=O)C2(CN)CCCC2)cc1. The Labute approximate surface area is 131 Å². The Morgan fingerprint density at radius 3 is 2.23 bits per heavy atom. The Bertz CT molecular complexity index is 620. The topological polar surface area (TPSA) is 101 Å². The summed E-state index contributed by atoms with van der Waals surface area (Å²) in [6.07, 6.45) is 3.71. The number of sulfonamides is 1. The van der Waals surface area contributed by atoms with E-state index in [-0.39, 0.29) is 11.7 Å². The minimum Gasteiger partial charge on any atom is -0.329 e. The van der Waals surface area contributed by atoms with E-state index in [2.05, 4.69) is 10.0 Å². The second-order valence-electron chi connectivity index (χ2n) is 5.73. The van der Waals surface area contributed by atoms with Crippen molar-refractivity contribution < 1.29 is 13.2 Å². The first-order valence-electron chi connectivity index (χ1n) is 7.53. The van der Waals surface area contributed by atoms with Crippen LogP contribution in [0.1, 0.15) is 32.6 Å². The highest BCUT2D eigenvalue weighted by atomic mass is 32.2. The molecule has 4 N–H and O–H groups in total. The zero-order valence-corrected chi connectivity index (χ0v) is 13.6. The predicted octanol–water partition coefficient (Wildman–Crippen LogP) is 1.91. The maximum absolute atomic E-state index is 12.4. The second kappa shape index (κ2) is 6.66. The maximum atomic E-state index is 12.4. The van der Waals surface area contributed by atoms with E-state index in [1.165, 1.54) is 0 Å². The molecule has 1 amide bonds. The van der Waals surface area contributed by atoms with Gasteiger partial charge in [-0.1, -0.05) is 12.8 Å². The van der Waals surface area contributed by atoms with Crippen LogP contribution in [0.2, 0.25) is 0 Å². The number of rotatable bonds is 6. The average Bonchev–Trinajstić information content (AvgIpc) is 2.99. The van der Waals surface area contributed by atoms with E-state index in [9.17, 15) is 13.2 Å². The van der Waals surface area contributed by atoms with Gasteiger partial charge in [0.05, 0.1) is 11.2 Å². The van der Waals surface area contributed by atoms with Crippen LogP contribution in [0.15, 0.2) is 24.3 Å². The van der Waals surface area contributed by atoms with Gasteiger partial charge in [-0.15, -0.1) is 0 Å². The number of benzene rings is 1. The van der Waals surface area contributed by atoms with Gasteiger partial charge < -0.3 is 11.1 Å². The van der Waals surface area contributed by atoms with Crippen molar-refractivity contribution in [3.63, 3.8) is 0 Å². The molecule has 0 spiro atoms. The fraction of sp³-hybridized carbons (Fsp3) is 0.533. The number of nitrogens with two attached hydrogens (primary N) is 1. The Kier molecular flexibility index (Phi) is 5.08. The van der Waals surface area contributed by atoms with Crippen molar-refractivity contribution in [3.05, 3.63) is 24.3 Å². The average molecular weight is 325 g/mol. The molecule has 0 atom stereocenters. The Morgan fingerprint density at radius 1 is 1.18 bits per heavy atom. The molecular formula is C15H23N3O3S. The van der Waals surface area contributed by atoms with E-state index in [1.807, 2.05) is 0 Å². The number of hydrogen-bond donors (Lipinski definition) is 3. The van der Waals surface area contributed by atoms with Crippen LogP contribution in [0.25, 0.3) is 0 Å². The van der Waals surface area contributed by atoms with Crippen LogP contribution in [0, 0.1) is 5.41 Å². The van der Waals surface area contributed by atoms with E-state index < -0.39 is 15.4 Å². The smallest absolute Gasteiger partial charge is 0.232 e. The van der Waals surface area contributed by atoms with Gasteiger partial charge in [-0.25, -0.2) is 8.42 Å². The fourth-order valence-corrected chi connectivity index (χ4v) is 3.35. The van der Waals surface area contributed by atoms with Crippen molar-refractivity contribution in [2.45, 2.75) is 32.6 Å². The number of amides is 1. The van der Waals surface area contributed by atoms with Crippen LogP contribution in [-0.4, -0.2) is 26.6 Å². The van der Waals surface area contributed by atoms with Gasteiger partial charge >= 0.3 is 0 Å². The third-order valence-electron chi connectivity index (χ3n) is 4.23. The summed E-state index contributed by atoms with van der Waals surface area (Å²) < 4.78 is 25.4. The maximum Gasteiger partial charge on any atom is 0.232 e. The molecule has 0 aromatic heterocycles. The summed E-state index contributed by atoms with van der Waals surface area (Å²) in [5.41, 5.74) is 6.46. The first-order chi connectivity index (χ1) is 10.4. The molecule has 7 heteroatoms. The number of anilines is 2. The van der Waals surface area contributed by atoms with Gasteiger partial charge in [0.15, 0.2) is 0 Å². The van der Waals surface area contributed by atoms with E-state index in [4.69, 9.17) is 5.73 Å². The van der Waals surface area contributed by atoms with Crippen molar-refractivity contribution in [1.29, 1.82) is 0 Å². The lowest BCUT2D eigenvalue weighted by Gasteiger charge is -2.25. The Morgan fingerprint density at radius 2 is 1.73 bits per heavy atom. The summed E-state index contributed by atoms with van der Waals surface area (Å²) in [5.74, 6) is -0.0285. The summed E-state index contributed by atoms with van der Waals surface area (Å²) >= 11 is 0. The molecule has 2 rings (SSSR count). The van der Waals surface area contributed by atoms with Crippen molar-refractivity contribution in [2.24, 2.45) is 11.1 Å². The third-order valence-corrected chi connectivity index (χ3v) is 5.54. The number of hydrogen-bond acceptors (Lipinski definition) is 4. The molecule has 1 fully saturated rings. The molecule has 0 bridgehead atoms. The highest BCUT2D eigenvalue weighted by Gasteiger charge is 2.39. The standard InChI is InChI=1S/C15H23N3O3S/c1-2-22(20,21)18-13-7-5-12(6-8-13)17-14(19)15(11-16)9-3-4-10-15/h5-8,18H,2-4,9-11,16H2,1H3,(H,17,19). The largest absolute Gasteiger partial charge is 0.329 e. The molecule has 0 heterocycles. The molecule has 6 nitrogen and oxygen atoms in total. The lowest BCUT2D eigenvalue weighted by atomic mass is 9.85. The van der Waals surface area contributed by atoms with E-state index in [0.29, 0.717) is 17.9 Å². The number of carbonyl (C=O) groups excluding carboxylic acids is 1. The third kappa shape index (κ3) is 3.78. The first kappa shape index (κ1) is 16.8. The van der Waals surface area contributed by atoms with Gasteiger partial charge in [0, 0.05) is 17.9 Å². The van der Waals surface area contributed by atoms with Gasteiger partial charge in [0.1, 0.15) is 0 Å². The molecule has 1 aromatic carbocycles. The summed E-state index contributed by atoms with van der Waals surface area (Å²) in [6.45, 7) is 1.93. The van der Waals surface area contributed by atoms with Crippen LogP contribution < -0.4 is 15.8 Å². The van der Waals surface area contributed by atoms with Crippen molar-refractivity contribution in [1.82, 2.24) is 0 Å². The lowest BCUT2D eigenvalue weighted by Crippen LogP contribution is -2.40. The lowest BCUT2D eigenvalue weighted by molar-refractivity contribution is -0.124. The number of carbonyl (C=O) groups is 1. The molecule has 122 valence electrons. The zero-order valence-electron chi connectivity index (χ0n) is 12.8. The molecular weight excluding hydrogens is 302 g/mol. The predicted molar refractivity (Wildman–Crippen MR) is 88.1 cm³/mol. The van der Waals surface area contributed by atoms with Gasteiger partial charge in [-0.05, 0) is 44.0 Å². The van der Waals surface area contributed by atoms with Crippen molar-refractivity contribution in [3.8, 4) is 0 Å². The van der Waals surface area contributed by atoms with Crippen LogP contribution in [0.5, 0.6) is 0 Å². The fourth-order valence-electron chi connectivity index (χ4n) is 2.71. The Hall–Kier alpha value is -1.60. The summed E-state index contributed by atoms with van der Waals surface area (Å²) in [5, 5.41) is 2.88. The van der Waals surface area contributed by atoms with Crippen LogP contribution >= 0.6 is 0 Å². The first-order valence-corrected chi connectivity index (χ1v) is 9.18. The van der Waals surface area contributed by atoms with Gasteiger partial charge in [-0.2, -0.15) is 0 Å². The summed E-state index contributed by atoms with van der Waals surface area (Å²) in [7, 11) is -3.29. The molecule has 0 saturated heterocycles. The van der Waals surface area contributed by atoms with Crippen LogP contribution in [0.3, 0.4) is 0 Å². The minimum absolute atomic E-state index is 0.0184. The van der Waals surface area contributed by atoms with Crippen molar-refractivity contribution in [2.75, 3.05) is 22.3 Å². The molecule has 1 aliphatic rings. The molecule has 0 radical (unpaired) electrons. The highest BCUT2D eigenvalue weighted by molar-refractivity contribution is 7.92. The molecule has 0 unspecified atom stereocenters. The summed E-state index contributed by atoms with van der Waals surface area (Å²) in [4.78, 5) is 12.4. The van der Waals surface area contributed by atoms with E-state index in [1.54, 1.807) is 31.2 Å². The molecule has 22 heavy (non-hydrogen) atoms. The Balaban J connectivity index is 2.04. The minimum atomic E-state index is -3.29. The second-order valence-corrected chi connectivity index (χ2v) is 7.74. The van der Waals surface area contributed by atoms with Crippen LogP contribution in [-0.2, 0) is 14.8 Å². The summed E-state index contributed by atoms with van der Waals surface area (Å²) in [6, 6.07) is 6.63. The quantitative estimate of drug-likeness (QED) is 0.743. The molecule has 1 saturated carbocycles. The zero-order chi connectivity index (χ0) is 16.2. The molecule has 1 aliphatic carbocycles. The van der Waals surface area contributed by atoms with Gasteiger partial charge in [0.25, 0.3) is 0 Å². The van der Waals surface area contributed by atoms with E-state index in [0.717, 1.165) is 25.7 Å². The molecule has 0 aliphatic heterocycles.